The Morgan fingerprint density at radius 2 is 1.95 bits per heavy atom. The Morgan fingerprint density at radius 1 is 1.18 bits per heavy atom. The lowest BCUT2D eigenvalue weighted by Gasteiger charge is -2.32. The number of rotatable bonds is 8. The number of likely N-dealkylation sites (N-methyl/N-ethyl adjacent to an activating group) is 1. The van der Waals surface area contributed by atoms with Crippen LogP contribution in [0.3, 0.4) is 0 Å². The number of halogens is 1. The molecule has 1 aliphatic carbocycles. The molecule has 6 rings (SSSR count). The number of aromatic nitrogens is 3. The normalized spacial score (nSPS) is 21.6. The van der Waals surface area contributed by atoms with Crippen LogP contribution in [0.25, 0.3) is 21.0 Å². The average Bonchev–Trinajstić information content (AvgIpc) is 3.66. The summed E-state index contributed by atoms with van der Waals surface area (Å²) in [6.45, 7) is 2.22. The zero-order chi connectivity index (χ0) is 31.1. The van der Waals surface area contributed by atoms with Crippen LogP contribution in [-0.2, 0) is 16.1 Å². The number of methoxy groups -OCH3 is 1. The van der Waals surface area contributed by atoms with Crippen LogP contribution in [0.2, 0.25) is 0 Å². The Balaban J connectivity index is 1.56. The van der Waals surface area contributed by atoms with Crippen molar-refractivity contribution in [2.75, 3.05) is 20.7 Å². The van der Waals surface area contributed by atoms with Gasteiger partial charge in [0.1, 0.15) is 34.8 Å². The molecule has 0 radical (unpaired) electrons. The van der Waals surface area contributed by atoms with E-state index in [2.05, 4.69) is 4.98 Å². The van der Waals surface area contributed by atoms with E-state index in [1.807, 2.05) is 0 Å². The molecule has 0 bridgehead atoms. The second-order valence-electron chi connectivity index (χ2n) is 11.5. The minimum absolute atomic E-state index is 0.0871. The minimum atomic E-state index is -0.961. The predicted octanol–water partition coefficient (Wildman–Crippen LogP) is 4.19. The van der Waals surface area contributed by atoms with E-state index in [1.54, 1.807) is 14.0 Å². The summed E-state index contributed by atoms with van der Waals surface area (Å²) in [4.78, 5) is 48.6. The summed E-state index contributed by atoms with van der Waals surface area (Å²) >= 11 is 1.19. The number of fused-ring (bicyclic) bond motifs is 1. The summed E-state index contributed by atoms with van der Waals surface area (Å²) in [7, 11) is 3.14. The third-order valence-electron chi connectivity index (χ3n) is 8.70. The highest BCUT2D eigenvalue weighted by Crippen LogP contribution is 2.38. The Morgan fingerprint density at radius 3 is 2.66 bits per heavy atom. The molecule has 4 aromatic rings. The van der Waals surface area contributed by atoms with Gasteiger partial charge in [0, 0.05) is 19.2 Å². The van der Waals surface area contributed by atoms with Gasteiger partial charge in [-0.1, -0.05) is 0 Å². The van der Waals surface area contributed by atoms with Crippen LogP contribution in [0.5, 0.6) is 5.75 Å². The smallest absolute Gasteiger partial charge is 0.332 e. The van der Waals surface area contributed by atoms with Crippen LogP contribution in [0.4, 0.5) is 4.39 Å². The first-order valence-corrected chi connectivity index (χ1v) is 15.6. The van der Waals surface area contributed by atoms with Crippen LogP contribution in [-0.4, -0.2) is 62.9 Å². The number of aliphatic hydroxyl groups is 1. The van der Waals surface area contributed by atoms with Crippen molar-refractivity contribution in [2.24, 2.45) is 0 Å². The highest BCUT2D eigenvalue weighted by molar-refractivity contribution is 7.22. The third kappa shape index (κ3) is 5.48. The summed E-state index contributed by atoms with van der Waals surface area (Å²) in [6, 6.07) is 3.17. The number of piperidine rings is 1. The van der Waals surface area contributed by atoms with Crippen LogP contribution in [0.15, 0.2) is 44.7 Å². The summed E-state index contributed by atoms with van der Waals surface area (Å²) in [5, 5.41) is 10.4. The molecule has 4 heterocycles. The molecule has 1 N–H and O–H groups in total. The molecule has 3 aromatic heterocycles. The van der Waals surface area contributed by atoms with Gasteiger partial charge in [-0.2, -0.15) is 0 Å². The maximum absolute atomic E-state index is 14.7. The van der Waals surface area contributed by atoms with Gasteiger partial charge in [0.15, 0.2) is 0 Å². The number of hydrogen-bond donors (Lipinski definition) is 1. The fraction of sp³-hybridized carbons (Fsp3) is 0.484. The Bertz CT molecular complexity index is 1790. The number of likely N-dealkylation sites (tertiary alicyclic amines) is 1. The maximum atomic E-state index is 14.7. The largest absolute Gasteiger partial charge is 0.496 e. The number of amides is 1. The number of carbonyl (C=O) groups is 1. The lowest BCUT2D eigenvalue weighted by atomic mass is 9.94. The topological polar surface area (TPSA) is 129 Å². The van der Waals surface area contributed by atoms with Crippen LogP contribution < -0.4 is 16.0 Å². The fourth-order valence-electron chi connectivity index (χ4n) is 6.34. The molecule has 2 atom stereocenters. The Hall–Kier alpha value is -3.81. The van der Waals surface area contributed by atoms with Gasteiger partial charge in [-0.25, -0.2) is 18.7 Å². The van der Waals surface area contributed by atoms with Gasteiger partial charge in [-0.05, 0) is 69.2 Å². The van der Waals surface area contributed by atoms with E-state index >= 15 is 0 Å². The van der Waals surface area contributed by atoms with Crippen molar-refractivity contribution in [2.45, 2.75) is 76.3 Å². The van der Waals surface area contributed by atoms with Gasteiger partial charge in [-0.15, -0.1) is 11.3 Å². The number of aliphatic hydroxyl groups excluding tert-OH is 1. The minimum Gasteiger partial charge on any atom is -0.496 e. The molecule has 1 saturated heterocycles. The SMILES string of the molecule is COc1ccc(F)cc1[C@H](Cn1c(=O)n([C@H]2CCCN(C)C2=O)c(=O)c2c(C)c(-c3ncco3)sc21)O[C@H]1CC[C@@H](O)CC1. The van der Waals surface area contributed by atoms with E-state index in [0.29, 0.717) is 77.5 Å². The number of carbonyl (C=O) groups excluding carboxylic acids is 1. The van der Waals surface area contributed by atoms with Crippen molar-refractivity contribution in [1.29, 1.82) is 0 Å². The number of ether oxygens (including phenoxy) is 2. The molecule has 11 nitrogen and oxygen atoms in total. The molecule has 1 aliphatic heterocycles. The standard InChI is InChI=1S/C31H35FN4O7S/c1-17-25-29(39)36(22-5-4-13-34(2)28(22)38)31(40)35(30(25)44-26(17)27-33-12-14-42-27)16-24(43-20-9-7-19(37)8-10-20)21-15-18(32)6-11-23(21)41-3/h6,11-12,14-15,19-20,22,24,37H,4-5,7-10,13,16H2,1-3H3/t19-,20+,22-,24-/m0/s1. The predicted molar refractivity (Wildman–Crippen MR) is 162 cm³/mol. The molecule has 234 valence electrons. The number of oxazole rings is 1. The average molecular weight is 627 g/mol. The molecule has 2 fully saturated rings. The molecule has 13 heteroatoms. The van der Waals surface area contributed by atoms with E-state index in [1.165, 1.54) is 58.6 Å². The third-order valence-corrected chi connectivity index (χ3v) is 10.0. The van der Waals surface area contributed by atoms with Crippen LogP contribution in [0.1, 0.15) is 61.8 Å². The molecule has 44 heavy (non-hydrogen) atoms. The van der Waals surface area contributed by atoms with Crippen LogP contribution in [0, 0.1) is 12.7 Å². The van der Waals surface area contributed by atoms with Gasteiger partial charge in [0.25, 0.3) is 5.56 Å². The van der Waals surface area contributed by atoms with E-state index < -0.39 is 35.3 Å². The number of nitrogens with zero attached hydrogens (tertiary/aromatic N) is 4. The molecule has 0 unspecified atom stereocenters. The van der Waals surface area contributed by atoms with E-state index in [-0.39, 0.29) is 23.9 Å². The second-order valence-corrected chi connectivity index (χ2v) is 12.5. The first-order valence-electron chi connectivity index (χ1n) is 14.8. The monoisotopic (exact) mass is 626 g/mol. The summed E-state index contributed by atoms with van der Waals surface area (Å²) in [5.74, 6) is -0.105. The second kappa shape index (κ2) is 12.3. The lowest BCUT2D eigenvalue weighted by molar-refractivity contribution is -0.136. The zero-order valence-corrected chi connectivity index (χ0v) is 25.6. The van der Waals surface area contributed by atoms with Crippen molar-refractivity contribution >= 4 is 27.5 Å². The van der Waals surface area contributed by atoms with Gasteiger partial charge in [-0.3, -0.25) is 14.2 Å². The molecule has 1 amide bonds. The first kappa shape index (κ1) is 30.2. The lowest BCUT2D eigenvalue weighted by Crippen LogP contribution is -2.49. The molecule has 2 aliphatic rings. The number of hydrogen-bond acceptors (Lipinski definition) is 9. The molecule has 0 spiro atoms. The maximum Gasteiger partial charge on any atom is 0.332 e. The summed E-state index contributed by atoms with van der Waals surface area (Å²) in [5.41, 5.74) is -0.215. The highest BCUT2D eigenvalue weighted by Gasteiger charge is 2.34. The molecule has 1 saturated carbocycles. The van der Waals surface area contributed by atoms with Gasteiger partial charge in [0.05, 0.1) is 42.3 Å². The van der Waals surface area contributed by atoms with Gasteiger partial charge >= 0.3 is 5.69 Å². The number of benzene rings is 1. The molecular formula is C31H35FN4O7S. The van der Waals surface area contributed by atoms with E-state index in [0.717, 1.165) is 4.57 Å². The van der Waals surface area contributed by atoms with Gasteiger partial charge < -0.3 is 23.9 Å². The van der Waals surface area contributed by atoms with Crippen molar-refractivity contribution in [3.8, 4) is 16.5 Å². The van der Waals surface area contributed by atoms with Crippen molar-refractivity contribution in [1.82, 2.24) is 19.0 Å². The highest BCUT2D eigenvalue weighted by atomic mass is 32.1. The Kier molecular flexibility index (Phi) is 8.44. The molecular weight excluding hydrogens is 591 g/mol. The van der Waals surface area contributed by atoms with E-state index in [4.69, 9.17) is 13.9 Å². The summed E-state index contributed by atoms with van der Waals surface area (Å²) < 4.78 is 34.9. The number of thiophene rings is 1. The summed E-state index contributed by atoms with van der Waals surface area (Å²) in [6.07, 6.45) is 4.72. The molecule has 1 aromatic carbocycles. The van der Waals surface area contributed by atoms with Crippen molar-refractivity contribution < 1.29 is 28.2 Å². The van der Waals surface area contributed by atoms with Gasteiger partial charge in [0.2, 0.25) is 11.8 Å². The van der Waals surface area contributed by atoms with Crippen LogP contribution >= 0.6 is 11.3 Å². The fourth-order valence-corrected chi connectivity index (χ4v) is 7.58. The quantitative estimate of drug-likeness (QED) is 0.308. The first-order chi connectivity index (χ1) is 21.2. The number of aryl methyl sites for hydroxylation is 1. The Labute approximate surface area is 256 Å². The van der Waals surface area contributed by atoms with E-state index in [9.17, 15) is 23.9 Å². The van der Waals surface area contributed by atoms with Crippen molar-refractivity contribution in [3.63, 3.8) is 0 Å². The van der Waals surface area contributed by atoms with Crippen molar-refractivity contribution in [3.05, 3.63) is 68.4 Å². The zero-order valence-electron chi connectivity index (χ0n) is 24.8.